The van der Waals surface area contributed by atoms with Crippen LogP contribution in [-0.4, -0.2) is 84.1 Å². The van der Waals surface area contributed by atoms with Gasteiger partial charge in [0, 0.05) is 42.4 Å². The Morgan fingerprint density at radius 2 is 1.98 bits per heavy atom. The monoisotopic (exact) mass is 653 g/mol. The van der Waals surface area contributed by atoms with E-state index in [1.807, 2.05) is 20.0 Å². The van der Waals surface area contributed by atoms with Gasteiger partial charge in [0.1, 0.15) is 5.01 Å². The summed E-state index contributed by atoms with van der Waals surface area (Å²) in [5, 5.41) is 15.5. The molecular weight excluding hydrogens is 622 g/mol. The van der Waals surface area contributed by atoms with Crippen molar-refractivity contribution >= 4 is 55.4 Å². The number of hydrogen-bond acceptors (Lipinski definition) is 10. The lowest BCUT2D eigenvalue weighted by Crippen LogP contribution is -2.46. The van der Waals surface area contributed by atoms with Crippen molar-refractivity contribution in [3.63, 3.8) is 0 Å². The number of benzene rings is 1. The summed E-state index contributed by atoms with van der Waals surface area (Å²) in [5.41, 5.74) is 1.78. The second-order valence-electron chi connectivity index (χ2n) is 11.9. The summed E-state index contributed by atoms with van der Waals surface area (Å²) in [4.78, 5) is 25.5. The van der Waals surface area contributed by atoms with Crippen LogP contribution in [0.3, 0.4) is 0 Å². The van der Waals surface area contributed by atoms with Gasteiger partial charge in [0.05, 0.1) is 39.7 Å². The Morgan fingerprint density at radius 3 is 2.66 bits per heavy atom. The molecule has 2 N–H and O–H groups in total. The van der Waals surface area contributed by atoms with Crippen molar-refractivity contribution in [3.05, 3.63) is 70.1 Å². The zero-order valence-corrected chi connectivity index (χ0v) is 26.7. The molecule has 2 unspecified atom stereocenters. The summed E-state index contributed by atoms with van der Waals surface area (Å²) in [6.07, 6.45) is 6.29. The maximum atomic E-state index is 14.4. The van der Waals surface area contributed by atoms with Gasteiger partial charge in [-0.15, -0.1) is 11.3 Å². The number of ketones is 1. The summed E-state index contributed by atoms with van der Waals surface area (Å²) in [7, 11) is -2.10. The molecule has 2 atom stereocenters. The number of rotatable bonds is 7. The molecule has 7 rings (SSSR count). The van der Waals surface area contributed by atoms with Crippen molar-refractivity contribution in [3.8, 4) is 10.4 Å². The molecule has 3 aromatic heterocycles. The molecular formula is C31H32ClN5O5S2. The molecule has 230 valence electrons. The first kappa shape index (κ1) is 29.7. The van der Waals surface area contributed by atoms with E-state index in [0.29, 0.717) is 51.1 Å². The highest BCUT2D eigenvalue weighted by Gasteiger charge is 2.41. The fourth-order valence-electron chi connectivity index (χ4n) is 6.18. The number of halogens is 1. The number of ether oxygens (including phenoxy) is 1. The highest BCUT2D eigenvalue weighted by atomic mass is 35.5. The molecule has 0 saturated carbocycles. The highest BCUT2D eigenvalue weighted by Crippen LogP contribution is 2.43. The fraction of sp³-hybridized carbons (Fsp3) is 0.387. The number of aliphatic hydroxyl groups is 1. The SMILES string of the molecule is Cc1ccc(S(=O)(=O)n2c(C3=CC(C(=O)C4CCN(C)C4)NCC3)cc3c(-c4cnc(C5(O)COC5)s4)c(Cl)cnc32)cc1. The molecule has 0 bridgehead atoms. The van der Waals surface area contributed by atoms with E-state index in [1.165, 1.54) is 21.5 Å². The maximum Gasteiger partial charge on any atom is 0.269 e. The lowest BCUT2D eigenvalue weighted by molar-refractivity contribution is -0.184. The van der Waals surface area contributed by atoms with Crippen LogP contribution in [0.2, 0.25) is 5.02 Å². The van der Waals surface area contributed by atoms with Crippen molar-refractivity contribution < 1.29 is 23.1 Å². The largest absolute Gasteiger partial charge is 0.378 e. The zero-order chi connectivity index (χ0) is 30.8. The molecule has 0 aliphatic carbocycles. The molecule has 2 fully saturated rings. The first-order valence-electron chi connectivity index (χ1n) is 14.5. The Hall–Kier alpha value is -2.97. The third-order valence-corrected chi connectivity index (χ3v) is 11.9. The number of likely N-dealkylation sites (tertiary alicyclic amines) is 1. The van der Waals surface area contributed by atoms with Crippen LogP contribution >= 0.6 is 22.9 Å². The lowest BCUT2D eigenvalue weighted by atomic mass is 9.92. The van der Waals surface area contributed by atoms with Crippen molar-refractivity contribution in [2.75, 3.05) is 39.9 Å². The number of aryl methyl sites for hydroxylation is 1. The van der Waals surface area contributed by atoms with Gasteiger partial charge in [0.15, 0.2) is 17.0 Å². The lowest BCUT2D eigenvalue weighted by Gasteiger charge is -2.34. The van der Waals surface area contributed by atoms with E-state index in [4.69, 9.17) is 16.3 Å². The molecule has 2 saturated heterocycles. The summed E-state index contributed by atoms with van der Waals surface area (Å²) in [6.45, 7) is 4.34. The van der Waals surface area contributed by atoms with Crippen molar-refractivity contribution in [1.29, 1.82) is 0 Å². The molecule has 3 aliphatic rings. The molecule has 10 nitrogen and oxygen atoms in total. The molecule has 0 spiro atoms. The van der Waals surface area contributed by atoms with Crippen LogP contribution in [0.1, 0.15) is 29.1 Å². The quantitative estimate of drug-likeness (QED) is 0.306. The zero-order valence-electron chi connectivity index (χ0n) is 24.3. The average molecular weight is 654 g/mol. The summed E-state index contributed by atoms with van der Waals surface area (Å²) in [5.74, 6) is 0.0475. The Labute approximate surface area is 264 Å². The van der Waals surface area contributed by atoms with Gasteiger partial charge in [-0.2, -0.15) is 0 Å². The van der Waals surface area contributed by atoms with E-state index >= 15 is 0 Å². The topological polar surface area (TPSA) is 127 Å². The van der Waals surface area contributed by atoms with Gasteiger partial charge < -0.3 is 20.1 Å². The molecule has 0 radical (unpaired) electrons. The number of nitrogens with one attached hydrogen (secondary N) is 1. The van der Waals surface area contributed by atoms with Crippen molar-refractivity contribution in [2.24, 2.45) is 5.92 Å². The van der Waals surface area contributed by atoms with Gasteiger partial charge in [0.2, 0.25) is 0 Å². The molecule has 3 aliphatic heterocycles. The van der Waals surface area contributed by atoms with Crippen molar-refractivity contribution in [2.45, 2.75) is 36.3 Å². The van der Waals surface area contributed by atoms with Crippen LogP contribution in [0.5, 0.6) is 0 Å². The maximum absolute atomic E-state index is 14.4. The minimum atomic E-state index is -4.11. The molecule has 44 heavy (non-hydrogen) atoms. The van der Waals surface area contributed by atoms with Gasteiger partial charge in [-0.25, -0.2) is 22.4 Å². The Balaban J connectivity index is 1.41. The number of carbonyl (C=O) groups is 1. The number of carbonyl (C=O) groups excluding carboxylic acids is 1. The third kappa shape index (κ3) is 5.02. The van der Waals surface area contributed by atoms with Crippen molar-refractivity contribution in [1.82, 2.24) is 24.2 Å². The normalized spacial score (nSPS) is 22.2. The number of fused-ring (bicyclic) bond motifs is 1. The number of nitrogens with zero attached hydrogens (tertiary/aromatic N) is 4. The van der Waals surface area contributed by atoms with Crippen LogP contribution in [0.4, 0.5) is 0 Å². The summed E-state index contributed by atoms with van der Waals surface area (Å²) >= 11 is 8.04. The number of aromatic nitrogens is 3. The Kier molecular flexibility index (Phi) is 7.52. The third-order valence-electron chi connectivity index (χ3n) is 8.69. The van der Waals surface area contributed by atoms with Crippen LogP contribution in [-0.2, 0) is 25.2 Å². The minimum Gasteiger partial charge on any atom is -0.378 e. The van der Waals surface area contributed by atoms with Gasteiger partial charge in [-0.3, -0.25) is 4.79 Å². The van der Waals surface area contributed by atoms with E-state index in [-0.39, 0.29) is 35.5 Å². The predicted molar refractivity (Wildman–Crippen MR) is 169 cm³/mol. The van der Waals surface area contributed by atoms with E-state index in [2.05, 4.69) is 20.2 Å². The van der Waals surface area contributed by atoms with Crippen LogP contribution < -0.4 is 5.32 Å². The van der Waals surface area contributed by atoms with Gasteiger partial charge in [-0.05, 0) is 57.1 Å². The number of Topliss-reactive ketones (excluding diaryl/α,β-unsaturated/α-hetero) is 1. The smallest absolute Gasteiger partial charge is 0.269 e. The molecule has 0 amide bonds. The Morgan fingerprint density at radius 1 is 1.20 bits per heavy atom. The minimum absolute atomic E-state index is 0.0706. The summed E-state index contributed by atoms with van der Waals surface area (Å²) in [6, 6.07) is 7.99. The highest BCUT2D eigenvalue weighted by molar-refractivity contribution is 7.90. The van der Waals surface area contributed by atoms with Gasteiger partial charge in [0.25, 0.3) is 10.0 Å². The van der Waals surface area contributed by atoms with E-state index < -0.39 is 21.7 Å². The van der Waals surface area contributed by atoms with E-state index in [1.54, 1.807) is 36.5 Å². The molecule has 1 aromatic carbocycles. The molecule has 4 aromatic rings. The number of thiazole rings is 1. The first-order chi connectivity index (χ1) is 21.0. The molecule has 6 heterocycles. The number of pyridine rings is 1. The second kappa shape index (κ2) is 11.1. The fourth-order valence-corrected chi connectivity index (χ4v) is 9.03. The van der Waals surface area contributed by atoms with Crippen LogP contribution in [0.25, 0.3) is 27.0 Å². The van der Waals surface area contributed by atoms with E-state index in [0.717, 1.165) is 24.1 Å². The second-order valence-corrected chi connectivity index (χ2v) is 15.1. The van der Waals surface area contributed by atoms with Gasteiger partial charge >= 0.3 is 0 Å². The van der Waals surface area contributed by atoms with Gasteiger partial charge in [-0.1, -0.05) is 35.4 Å². The van der Waals surface area contributed by atoms with Crippen LogP contribution in [0.15, 0.2) is 53.7 Å². The Bertz CT molecular complexity index is 1910. The average Bonchev–Trinajstić information content (AvgIpc) is 3.75. The first-order valence-corrected chi connectivity index (χ1v) is 17.1. The standard InChI is InChI=1S/C31H32ClN5O5S2/c1-18-3-5-21(6-4-18)44(40,41)37-25(19-7-9-33-24(11-19)28(38)20-8-10-36(2)15-20)12-22-27(23(32)13-34-29(22)37)26-14-35-30(43-26)31(39)16-42-17-31/h3-6,11-14,20,24,33,39H,7-10,15-17H2,1-2H3. The molecule has 13 heteroatoms. The van der Waals surface area contributed by atoms with E-state index in [9.17, 15) is 18.3 Å². The van der Waals surface area contributed by atoms with Crippen LogP contribution in [0, 0.1) is 12.8 Å². The number of hydrogen-bond donors (Lipinski definition) is 2. The summed E-state index contributed by atoms with van der Waals surface area (Å²) < 4.78 is 35.2. The predicted octanol–water partition coefficient (Wildman–Crippen LogP) is 3.84.